The summed E-state index contributed by atoms with van der Waals surface area (Å²) in [4.78, 5) is 19.2. The number of pyridine rings is 2. The summed E-state index contributed by atoms with van der Waals surface area (Å²) in [6, 6.07) is 9.37. The number of nitrogens with one attached hydrogen (secondary N) is 2. The number of hydrogen-bond donors (Lipinski definition) is 2. The number of benzene rings is 1. The van der Waals surface area contributed by atoms with Crippen LogP contribution in [0.5, 0.6) is 0 Å². The number of aryl methyl sites for hydroxylation is 1. The van der Waals surface area contributed by atoms with Crippen molar-refractivity contribution in [2.75, 3.05) is 5.32 Å². The fourth-order valence-electron chi connectivity index (χ4n) is 2.64. The highest BCUT2D eigenvalue weighted by molar-refractivity contribution is 6.31. The Balaban J connectivity index is 1.98. The molecule has 2 heterocycles. The molecular weight excluding hydrogens is 343 g/mol. The van der Waals surface area contributed by atoms with Gasteiger partial charge in [-0.1, -0.05) is 11.6 Å². The number of nitriles is 1. The van der Waals surface area contributed by atoms with Gasteiger partial charge < -0.3 is 10.3 Å². The van der Waals surface area contributed by atoms with Gasteiger partial charge in [0.05, 0.1) is 22.8 Å². The number of fused-ring (bicyclic) bond motifs is 1. The highest BCUT2D eigenvalue weighted by Gasteiger charge is 2.14. The average Bonchev–Trinajstić information content (AvgIpc) is 2.55. The second-order valence-electron chi connectivity index (χ2n) is 5.71. The molecule has 0 aliphatic heterocycles. The molecule has 0 unspecified atom stereocenters. The Morgan fingerprint density at radius 1 is 1.36 bits per heavy atom. The molecule has 3 aromatic rings. The lowest BCUT2D eigenvalue weighted by atomic mass is 10.1. The van der Waals surface area contributed by atoms with E-state index in [0.29, 0.717) is 28.0 Å². The number of H-pyrrole nitrogens is 1. The van der Waals surface area contributed by atoms with E-state index in [1.165, 1.54) is 0 Å². The maximum absolute atomic E-state index is 13.9. The molecule has 0 saturated heterocycles. The van der Waals surface area contributed by atoms with Gasteiger partial charge in [-0.05, 0) is 44.2 Å². The van der Waals surface area contributed by atoms with Gasteiger partial charge in [0.2, 0.25) is 0 Å². The summed E-state index contributed by atoms with van der Waals surface area (Å²) in [5.74, 6) is -0.0306. The molecule has 3 rings (SSSR count). The molecule has 5 nitrogen and oxygen atoms in total. The Labute approximate surface area is 148 Å². The number of hydrogen-bond acceptors (Lipinski definition) is 4. The minimum Gasteiger partial charge on any atom is -0.363 e. The smallest absolute Gasteiger partial charge is 0.253 e. The lowest BCUT2D eigenvalue weighted by molar-refractivity contribution is 0.636. The second kappa shape index (κ2) is 6.54. The van der Waals surface area contributed by atoms with E-state index in [2.05, 4.69) is 21.4 Å². The average molecular weight is 357 g/mol. The third kappa shape index (κ3) is 3.32. The summed E-state index contributed by atoms with van der Waals surface area (Å²) in [5, 5.41) is 12.8. The predicted molar refractivity (Wildman–Crippen MR) is 95.3 cm³/mol. The van der Waals surface area contributed by atoms with Crippen LogP contribution in [0.15, 0.2) is 35.1 Å². The molecule has 2 aromatic heterocycles. The molecule has 126 valence electrons. The van der Waals surface area contributed by atoms with Crippen LogP contribution in [0.4, 0.5) is 10.2 Å². The maximum Gasteiger partial charge on any atom is 0.253 e. The zero-order valence-corrected chi connectivity index (χ0v) is 14.3. The quantitative estimate of drug-likeness (QED) is 0.741. The molecule has 0 aliphatic carbocycles. The minimum atomic E-state index is -0.573. The summed E-state index contributed by atoms with van der Waals surface area (Å²) >= 11 is 5.89. The Hall–Kier alpha value is -2.91. The normalized spacial score (nSPS) is 12.0. The summed E-state index contributed by atoms with van der Waals surface area (Å²) in [5.41, 5.74) is 1.25. The van der Waals surface area contributed by atoms with Gasteiger partial charge in [0, 0.05) is 16.0 Å². The molecule has 0 bridgehead atoms. The first-order valence-electron chi connectivity index (χ1n) is 7.55. The van der Waals surface area contributed by atoms with E-state index in [0.717, 1.165) is 6.07 Å². The fraction of sp³-hybridized carbons (Fsp3) is 0.167. The first-order chi connectivity index (χ1) is 11.9. The maximum atomic E-state index is 13.9. The number of anilines is 1. The van der Waals surface area contributed by atoms with Crippen molar-refractivity contribution in [1.82, 2.24) is 9.97 Å². The van der Waals surface area contributed by atoms with Crippen LogP contribution in [-0.4, -0.2) is 9.97 Å². The Kier molecular flexibility index (Phi) is 4.43. The van der Waals surface area contributed by atoms with Crippen molar-refractivity contribution < 1.29 is 4.39 Å². The molecule has 1 aromatic carbocycles. The fourth-order valence-corrected chi connectivity index (χ4v) is 2.85. The van der Waals surface area contributed by atoms with E-state index in [1.54, 1.807) is 38.1 Å². The highest BCUT2D eigenvalue weighted by Crippen LogP contribution is 2.24. The van der Waals surface area contributed by atoms with Crippen LogP contribution in [0.2, 0.25) is 5.02 Å². The van der Waals surface area contributed by atoms with Crippen LogP contribution < -0.4 is 10.9 Å². The summed E-state index contributed by atoms with van der Waals surface area (Å²) in [6.45, 7) is 3.54. The summed E-state index contributed by atoms with van der Waals surface area (Å²) in [6.07, 6.45) is 0. The third-order valence-corrected chi connectivity index (χ3v) is 4.15. The van der Waals surface area contributed by atoms with E-state index in [1.807, 2.05) is 0 Å². The van der Waals surface area contributed by atoms with Crippen LogP contribution in [-0.2, 0) is 0 Å². The van der Waals surface area contributed by atoms with Crippen LogP contribution in [0.1, 0.15) is 29.8 Å². The van der Waals surface area contributed by atoms with E-state index in [9.17, 15) is 9.18 Å². The van der Waals surface area contributed by atoms with Gasteiger partial charge in [-0.25, -0.2) is 9.37 Å². The zero-order chi connectivity index (χ0) is 18.1. The second-order valence-corrected chi connectivity index (χ2v) is 6.15. The molecule has 0 spiro atoms. The first kappa shape index (κ1) is 16.9. The van der Waals surface area contributed by atoms with Crippen molar-refractivity contribution in [2.45, 2.75) is 19.9 Å². The minimum absolute atomic E-state index is 0.123. The largest absolute Gasteiger partial charge is 0.363 e. The van der Waals surface area contributed by atoms with E-state index >= 15 is 0 Å². The standard InChI is InChI=1S/C18H14ClFN4O/c1-9-11(8-21)3-4-16(22-9)23-10(2)14-6-12-5-13(19)7-15(20)17(12)24-18(14)25/h3-7,10H,1-2H3,(H,22,23)(H,24,25)/t10-/m0/s1. The molecule has 0 aliphatic rings. The van der Waals surface area contributed by atoms with Crippen molar-refractivity contribution in [3.63, 3.8) is 0 Å². The first-order valence-corrected chi connectivity index (χ1v) is 7.93. The Morgan fingerprint density at radius 2 is 2.12 bits per heavy atom. The van der Waals surface area contributed by atoms with Crippen molar-refractivity contribution in [3.8, 4) is 6.07 Å². The van der Waals surface area contributed by atoms with E-state index in [-0.39, 0.29) is 22.1 Å². The van der Waals surface area contributed by atoms with Crippen LogP contribution >= 0.6 is 11.6 Å². The lowest BCUT2D eigenvalue weighted by Gasteiger charge is -2.15. The van der Waals surface area contributed by atoms with Gasteiger partial charge in [-0.3, -0.25) is 4.79 Å². The van der Waals surface area contributed by atoms with Crippen molar-refractivity contribution in [1.29, 1.82) is 5.26 Å². The Bertz CT molecular complexity index is 1070. The van der Waals surface area contributed by atoms with Gasteiger partial charge in [-0.15, -0.1) is 0 Å². The molecule has 0 fully saturated rings. The van der Waals surface area contributed by atoms with Gasteiger partial charge in [0.1, 0.15) is 17.7 Å². The van der Waals surface area contributed by atoms with Gasteiger partial charge in [0.15, 0.2) is 0 Å². The SMILES string of the molecule is Cc1nc(N[C@@H](C)c2cc3cc(Cl)cc(F)c3[nH]c2=O)ccc1C#N. The van der Waals surface area contributed by atoms with E-state index < -0.39 is 5.82 Å². The number of nitrogens with zero attached hydrogens (tertiary/aromatic N) is 2. The predicted octanol–water partition coefficient (Wildman–Crippen LogP) is 4.07. The van der Waals surface area contributed by atoms with Crippen molar-refractivity contribution in [3.05, 3.63) is 68.3 Å². The highest BCUT2D eigenvalue weighted by atomic mass is 35.5. The number of aromatic nitrogens is 2. The van der Waals surface area contributed by atoms with Gasteiger partial charge in [0.25, 0.3) is 5.56 Å². The van der Waals surface area contributed by atoms with E-state index in [4.69, 9.17) is 16.9 Å². The van der Waals surface area contributed by atoms with Crippen molar-refractivity contribution in [2.24, 2.45) is 0 Å². The number of aromatic amines is 1. The molecule has 0 amide bonds. The van der Waals surface area contributed by atoms with Gasteiger partial charge >= 0.3 is 0 Å². The number of halogens is 2. The summed E-state index contributed by atoms with van der Waals surface area (Å²) in [7, 11) is 0. The molecule has 25 heavy (non-hydrogen) atoms. The monoisotopic (exact) mass is 356 g/mol. The molecular formula is C18H14ClFN4O. The zero-order valence-electron chi connectivity index (χ0n) is 13.5. The van der Waals surface area contributed by atoms with Crippen molar-refractivity contribution >= 4 is 28.3 Å². The molecule has 7 heteroatoms. The lowest BCUT2D eigenvalue weighted by Crippen LogP contribution is -2.20. The van der Waals surface area contributed by atoms with Gasteiger partial charge in [-0.2, -0.15) is 5.26 Å². The molecule has 2 N–H and O–H groups in total. The summed E-state index contributed by atoms with van der Waals surface area (Å²) < 4.78 is 13.9. The third-order valence-electron chi connectivity index (χ3n) is 3.93. The molecule has 0 saturated carbocycles. The molecule has 0 radical (unpaired) electrons. The van der Waals surface area contributed by atoms with Crippen LogP contribution in [0, 0.1) is 24.1 Å². The number of rotatable bonds is 3. The Morgan fingerprint density at radius 3 is 2.80 bits per heavy atom. The topological polar surface area (TPSA) is 81.6 Å². The van der Waals surface area contributed by atoms with Crippen LogP contribution in [0.25, 0.3) is 10.9 Å². The van der Waals surface area contributed by atoms with Crippen LogP contribution in [0.3, 0.4) is 0 Å². The molecule has 1 atom stereocenters.